The Morgan fingerprint density at radius 2 is 2.00 bits per heavy atom. The first kappa shape index (κ1) is 17.0. The number of carbonyl (C=O) groups is 1. The van der Waals surface area contributed by atoms with Crippen molar-refractivity contribution < 1.29 is 9.90 Å². The van der Waals surface area contributed by atoms with Gasteiger partial charge < -0.3 is 15.7 Å². The Morgan fingerprint density at radius 3 is 2.65 bits per heavy atom. The van der Waals surface area contributed by atoms with Crippen molar-refractivity contribution >= 4 is 11.7 Å². The Morgan fingerprint density at radius 1 is 1.26 bits per heavy atom. The molecule has 23 heavy (non-hydrogen) atoms. The molecule has 0 aliphatic carbocycles. The number of amides is 2. The van der Waals surface area contributed by atoms with Crippen LogP contribution in [0.15, 0.2) is 48.8 Å². The molecule has 0 saturated carbocycles. The standard InChI is InChI=1S/C18H23N3O2/c1-13-11-19-9-8-17(13)21-18(23)20-12-16(10-14(2)22)15-6-4-3-5-7-15/h3-9,11,14,16,22H,10,12H2,1-2H3,(H2,19,20,21,23). The second kappa shape index (κ2) is 8.29. The fraction of sp³-hybridized carbons (Fsp3) is 0.333. The van der Waals surface area contributed by atoms with E-state index < -0.39 is 6.10 Å². The number of urea groups is 1. The topological polar surface area (TPSA) is 74.2 Å². The Labute approximate surface area is 136 Å². The Bertz CT molecular complexity index is 629. The first-order chi connectivity index (χ1) is 11.1. The molecule has 0 aliphatic rings. The molecule has 1 aromatic heterocycles. The van der Waals surface area contributed by atoms with Gasteiger partial charge in [-0.15, -0.1) is 0 Å². The summed E-state index contributed by atoms with van der Waals surface area (Å²) in [7, 11) is 0. The summed E-state index contributed by atoms with van der Waals surface area (Å²) in [5.41, 5.74) is 2.75. The summed E-state index contributed by atoms with van der Waals surface area (Å²) in [5.74, 6) is 0.0699. The average molecular weight is 313 g/mol. The van der Waals surface area contributed by atoms with Gasteiger partial charge in [-0.05, 0) is 37.5 Å². The van der Waals surface area contributed by atoms with Gasteiger partial charge in [0.05, 0.1) is 6.10 Å². The van der Waals surface area contributed by atoms with Gasteiger partial charge in [0.15, 0.2) is 0 Å². The monoisotopic (exact) mass is 313 g/mol. The van der Waals surface area contributed by atoms with Gasteiger partial charge in [-0.2, -0.15) is 0 Å². The van der Waals surface area contributed by atoms with Gasteiger partial charge in [0, 0.05) is 30.5 Å². The minimum absolute atomic E-state index is 0.0699. The number of rotatable bonds is 6. The van der Waals surface area contributed by atoms with Crippen molar-refractivity contribution in [1.29, 1.82) is 0 Å². The van der Waals surface area contributed by atoms with E-state index >= 15 is 0 Å². The molecule has 2 unspecified atom stereocenters. The number of hydrogen-bond acceptors (Lipinski definition) is 3. The lowest BCUT2D eigenvalue weighted by atomic mass is 9.93. The number of pyridine rings is 1. The molecule has 3 N–H and O–H groups in total. The molecule has 5 nitrogen and oxygen atoms in total. The lowest BCUT2D eigenvalue weighted by Gasteiger charge is -2.20. The van der Waals surface area contributed by atoms with Crippen LogP contribution < -0.4 is 10.6 Å². The van der Waals surface area contributed by atoms with Gasteiger partial charge in [-0.3, -0.25) is 4.98 Å². The largest absolute Gasteiger partial charge is 0.393 e. The normalized spacial score (nSPS) is 13.2. The van der Waals surface area contributed by atoms with Gasteiger partial charge in [-0.25, -0.2) is 4.79 Å². The third kappa shape index (κ3) is 5.38. The van der Waals surface area contributed by atoms with Gasteiger partial charge in [0.2, 0.25) is 0 Å². The molecule has 2 rings (SSSR count). The SMILES string of the molecule is Cc1cnccc1NC(=O)NCC(CC(C)O)c1ccccc1. The summed E-state index contributed by atoms with van der Waals surface area (Å²) in [5, 5.41) is 15.4. The van der Waals surface area contributed by atoms with Crippen LogP contribution in [0, 0.1) is 6.92 Å². The molecule has 1 aromatic carbocycles. The first-order valence-corrected chi connectivity index (χ1v) is 7.74. The number of hydrogen-bond donors (Lipinski definition) is 3. The van der Waals surface area contributed by atoms with Gasteiger partial charge >= 0.3 is 6.03 Å². The highest BCUT2D eigenvalue weighted by Crippen LogP contribution is 2.20. The van der Waals surface area contributed by atoms with E-state index in [2.05, 4.69) is 15.6 Å². The number of aliphatic hydroxyl groups excluding tert-OH is 1. The number of anilines is 1. The summed E-state index contributed by atoms with van der Waals surface area (Å²) in [6, 6.07) is 11.4. The Hall–Kier alpha value is -2.40. The number of nitrogens with zero attached hydrogens (tertiary/aromatic N) is 1. The molecule has 0 fully saturated rings. The van der Waals surface area contributed by atoms with Crippen molar-refractivity contribution in [1.82, 2.24) is 10.3 Å². The Balaban J connectivity index is 1.95. The molecule has 122 valence electrons. The predicted octanol–water partition coefficient (Wildman–Crippen LogP) is 3.07. The zero-order valence-electron chi connectivity index (χ0n) is 13.5. The maximum atomic E-state index is 12.1. The minimum Gasteiger partial charge on any atom is -0.393 e. The quantitative estimate of drug-likeness (QED) is 0.767. The molecule has 0 saturated heterocycles. The third-order valence-electron chi connectivity index (χ3n) is 3.67. The molecule has 0 radical (unpaired) electrons. The van der Waals surface area contributed by atoms with E-state index in [1.165, 1.54) is 0 Å². The van der Waals surface area contributed by atoms with E-state index in [0.717, 1.165) is 16.8 Å². The van der Waals surface area contributed by atoms with E-state index in [9.17, 15) is 9.90 Å². The zero-order chi connectivity index (χ0) is 16.7. The number of aryl methyl sites for hydroxylation is 1. The number of aromatic nitrogens is 1. The van der Waals surface area contributed by atoms with Crippen LogP contribution in [0.25, 0.3) is 0 Å². The fourth-order valence-electron chi connectivity index (χ4n) is 2.47. The van der Waals surface area contributed by atoms with Crippen LogP contribution in [0.1, 0.15) is 30.4 Å². The van der Waals surface area contributed by atoms with Crippen LogP contribution in [0.2, 0.25) is 0 Å². The van der Waals surface area contributed by atoms with E-state index in [1.807, 2.05) is 37.3 Å². The van der Waals surface area contributed by atoms with E-state index in [-0.39, 0.29) is 11.9 Å². The maximum absolute atomic E-state index is 12.1. The highest BCUT2D eigenvalue weighted by atomic mass is 16.3. The maximum Gasteiger partial charge on any atom is 0.319 e. The smallest absolute Gasteiger partial charge is 0.319 e. The van der Waals surface area contributed by atoms with Crippen LogP contribution in [0.4, 0.5) is 10.5 Å². The fourth-order valence-corrected chi connectivity index (χ4v) is 2.47. The zero-order valence-corrected chi connectivity index (χ0v) is 13.5. The molecular weight excluding hydrogens is 290 g/mol. The number of nitrogens with one attached hydrogen (secondary N) is 2. The van der Waals surface area contributed by atoms with Crippen molar-refractivity contribution in [3.8, 4) is 0 Å². The van der Waals surface area contributed by atoms with Crippen LogP contribution in [0.5, 0.6) is 0 Å². The number of carbonyl (C=O) groups excluding carboxylic acids is 1. The molecule has 5 heteroatoms. The van der Waals surface area contributed by atoms with Crippen molar-refractivity contribution in [3.05, 3.63) is 59.9 Å². The molecule has 2 aromatic rings. The van der Waals surface area contributed by atoms with Crippen molar-refractivity contribution in [3.63, 3.8) is 0 Å². The van der Waals surface area contributed by atoms with Crippen molar-refractivity contribution in [2.75, 3.05) is 11.9 Å². The highest BCUT2D eigenvalue weighted by Gasteiger charge is 2.15. The van der Waals surface area contributed by atoms with Crippen molar-refractivity contribution in [2.45, 2.75) is 32.3 Å². The van der Waals surface area contributed by atoms with Gasteiger partial charge in [-0.1, -0.05) is 30.3 Å². The number of aliphatic hydroxyl groups is 1. The van der Waals surface area contributed by atoms with Crippen LogP contribution in [-0.4, -0.2) is 28.8 Å². The summed E-state index contributed by atoms with van der Waals surface area (Å²) < 4.78 is 0. The molecule has 1 heterocycles. The van der Waals surface area contributed by atoms with Gasteiger partial charge in [0.25, 0.3) is 0 Å². The molecule has 2 amide bonds. The van der Waals surface area contributed by atoms with Crippen LogP contribution in [-0.2, 0) is 0 Å². The summed E-state index contributed by atoms with van der Waals surface area (Å²) in [4.78, 5) is 16.1. The van der Waals surface area contributed by atoms with Gasteiger partial charge in [0.1, 0.15) is 0 Å². The average Bonchev–Trinajstić information content (AvgIpc) is 2.54. The van der Waals surface area contributed by atoms with E-state index in [1.54, 1.807) is 25.4 Å². The molecule has 2 atom stereocenters. The molecule has 0 bridgehead atoms. The molecule has 0 spiro atoms. The van der Waals surface area contributed by atoms with Crippen molar-refractivity contribution in [2.24, 2.45) is 0 Å². The second-order valence-corrected chi connectivity index (χ2v) is 5.72. The van der Waals surface area contributed by atoms with Crippen LogP contribution in [0.3, 0.4) is 0 Å². The molecular formula is C18H23N3O2. The lowest BCUT2D eigenvalue weighted by Crippen LogP contribution is -2.33. The summed E-state index contributed by atoms with van der Waals surface area (Å²) >= 11 is 0. The van der Waals surface area contributed by atoms with E-state index in [0.29, 0.717) is 13.0 Å². The highest BCUT2D eigenvalue weighted by molar-refractivity contribution is 5.89. The number of benzene rings is 1. The first-order valence-electron chi connectivity index (χ1n) is 7.74. The van der Waals surface area contributed by atoms with Crippen LogP contribution >= 0.6 is 0 Å². The second-order valence-electron chi connectivity index (χ2n) is 5.72. The Kier molecular flexibility index (Phi) is 6.11. The lowest BCUT2D eigenvalue weighted by molar-refractivity contribution is 0.173. The molecule has 0 aliphatic heterocycles. The predicted molar refractivity (Wildman–Crippen MR) is 91.5 cm³/mol. The summed E-state index contributed by atoms with van der Waals surface area (Å²) in [6.07, 6.45) is 3.52. The summed E-state index contributed by atoms with van der Waals surface area (Å²) in [6.45, 7) is 4.12. The van der Waals surface area contributed by atoms with E-state index in [4.69, 9.17) is 0 Å². The minimum atomic E-state index is -0.424. The third-order valence-corrected chi connectivity index (χ3v) is 3.67.